The SMILES string of the molecule is NCCNC(=O)C1CCCN(C(=O)CCC(=O)c2ccc(F)cc2)C1. The zero-order valence-electron chi connectivity index (χ0n) is 14.2. The number of rotatable bonds is 7. The van der Waals surface area contributed by atoms with Gasteiger partial charge in [-0.25, -0.2) is 4.39 Å². The summed E-state index contributed by atoms with van der Waals surface area (Å²) in [6.07, 6.45) is 1.67. The van der Waals surface area contributed by atoms with E-state index in [9.17, 15) is 18.8 Å². The normalized spacial score (nSPS) is 17.2. The number of hydrogen-bond acceptors (Lipinski definition) is 4. The van der Waals surface area contributed by atoms with Crippen molar-refractivity contribution in [1.82, 2.24) is 10.2 Å². The Morgan fingerprint density at radius 1 is 1.20 bits per heavy atom. The van der Waals surface area contributed by atoms with Gasteiger partial charge in [-0.05, 0) is 37.1 Å². The van der Waals surface area contributed by atoms with E-state index in [0.717, 1.165) is 12.8 Å². The molecule has 0 bridgehead atoms. The Hall–Kier alpha value is -2.28. The molecule has 6 nitrogen and oxygen atoms in total. The molecule has 136 valence electrons. The van der Waals surface area contributed by atoms with E-state index in [1.807, 2.05) is 0 Å². The first-order valence-corrected chi connectivity index (χ1v) is 8.55. The van der Waals surface area contributed by atoms with Crippen molar-refractivity contribution in [2.45, 2.75) is 25.7 Å². The van der Waals surface area contributed by atoms with Crippen LogP contribution in [-0.2, 0) is 9.59 Å². The number of amides is 2. The van der Waals surface area contributed by atoms with Gasteiger partial charge in [0.15, 0.2) is 5.78 Å². The Labute approximate surface area is 146 Å². The molecule has 1 aliphatic heterocycles. The van der Waals surface area contributed by atoms with Crippen molar-refractivity contribution in [2.75, 3.05) is 26.2 Å². The summed E-state index contributed by atoms with van der Waals surface area (Å²) < 4.78 is 12.9. The minimum atomic E-state index is -0.403. The summed E-state index contributed by atoms with van der Waals surface area (Å²) in [5.74, 6) is -1.03. The largest absolute Gasteiger partial charge is 0.355 e. The van der Waals surface area contributed by atoms with Gasteiger partial charge in [0.05, 0.1) is 5.92 Å². The van der Waals surface area contributed by atoms with E-state index in [0.29, 0.717) is 31.7 Å². The van der Waals surface area contributed by atoms with Gasteiger partial charge in [0.1, 0.15) is 5.82 Å². The summed E-state index contributed by atoms with van der Waals surface area (Å²) in [7, 11) is 0. The molecule has 25 heavy (non-hydrogen) atoms. The van der Waals surface area contributed by atoms with E-state index in [4.69, 9.17) is 5.73 Å². The van der Waals surface area contributed by atoms with Crippen LogP contribution < -0.4 is 11.1 Å². The number of likely N-dealkylation sites (tertiary alicyclic amines) is 1. The van der Waals surface area contributed by atoms with Gasteiger partial charge < -0.3 is 16.0 Å². The molecule has 1 aromatic carbocycles. The number of piperidine rings is 1. The molecule has 1 atom stereocenters. The number of carbonyl (C=O) groups is 3. The summed E-state index contributed by atoms with van der Waals surface area (Å²) in [6.45, 7) is 1.78. The molecule has 1 fully saturated rings. The Balaban J connectivity index is 1.82. The fraction of sp³-hybridized carbons (Fsp3) is 0.500. The molecule has 3 N–H and O–H groups in total. The van der Waals surface area contributed by atoms with E-state index in [2.05, 4.69) is 5.32 Å². The highest BCUT2D eigenvalue weighted by molar-refractivity contribution is 5.98. The van der Waals surface area contributed by atoms with Crippen molar-refractivity contribution in [1.29, 1.82) is 0 Å². The summed E-state index contributed by atoms with van der Waals surface area (Å²) in [5.41, 5.74) is 5.77. The average Bonchev–Trinajstić information content (AvgIpc) is 2.64. The number of ketones is 1. The molecule has 1 aromatic rings. The third-order valence-electron chi connectivity index (χ3n) is 4.32. The molecule has 0 aliphatic carbocycles. The van der Waals surface area contributed by atoms with Crippen LogP contribution >= 0.6 is 0 Å². The molecular formula is C18H24FN3O3. The number of hydrogen-bond donors (Lipinski definition) is 2. The van der Waals surface area contributed by atoms with Crippen LogP contribution in [0.25, 0.3) is 0 Å². The molecule has 0 aromatic heterocycles. The standard InChI is InChI=1S/C18H24FN3O3/c19-15-5-3-13(4-6-15)16(23)7-8-17(24)22-11-1-2-14(12-22)18(25)21-10-9-20/h3-6,14H,1-2,7-12,20H2,(H,21,25). The zero-order chi connectivity index (χ0) is 18.2. The number of benzene rings is 1. The van der Waals surface area contributed by atoms with Gasteiger partial charge in [-0.15, -0.1) is 0 Å². The Morgan fingerprint density at radius 2 is 1.92 bits per heavy atom. The molecule has 2 amide bonds. The quantitative estimate of drug-likeness (QED) is 0.721. The monoisotopic (exact) mass is 349 g/mol. The second-order valence-electron chi connectivity index (χ2n) is 6.19. The molecule has 2 rings (SSSR count). The van der Waals surface area contributed by atoms with E-state index >= 15 is 0 Å². The first-order valence-electron chi connectivity index (χ1n) is 8.55. The van der Waals surface area contributed by atoms with Crippen molar-refractivity contribution in [3.05, 3.63) is 35.6 Å². The molecule has 1 saturated heterocycles. The lowest BCUT2D eigenvalue weighted by atomic mass is 9.96. The van der Waals surface area contributed by atoms with Gasteiger partial charge in [-0.2, -0.15) is 0 Å². The smallest absolute Gasteiger partial charge is 0.224 e. The lowest BCUT2D eigenvalue weighted by Crippen LogP contribution is -2.46. The molecule has 0 radical (unpaired) electrons. The van der Waals surface area contributed by atoms with Crippen LogP contribution in [-0.4, -0.2) is 48.7 Å². The van der Waals surface area contributed by atoms with Crippen LogP contribution in [0.4, 0.5) is 4.39 Å². The number of carbonyl (C=O) groups excluding carboxylic acids is 3. The Bertz CT molecular complexity index is 618. The number of nitrogens with one attached hydrogen (secondary N) is 1. The van der Waals surface area contributed by atoms with Crippen molar-refractivity contribution in [3.63, 3.8) is 0 Å². The first kappa shape index (κ1) is 19.1. The van der Waals surface area contributed by atoms with Gasteiger partial charge in [0.25, 0.3) is 0 Å². The van der Waals surface area contributed by atoms with Crippen molar-refractivity contribution in [3.8, 4) is 0 Å². The second kappa shape index (κ2) is 9.27. The first-order chi connectivity index (χ1) is 12.0. The lowest BCUT2D eigenvalue weighted by Gasteiger charge is -2.32. The Kier molecular flexibility index (Phi) is 7.06. The van der Waals surface area contributed by atoms with Crippen LogP contribution in [0, 0.1) is 11.7 Å². The molecule has 0 saturated carbocycles. The maximum Gasteiger partial charge on any atom is 0.224 e. The van der Waals surface area contributed by atoms with Gasteiger partial charge in [0.2, 0.25) is 11.8 Å². The highest BCUT2D eigenvalue weighted by Crippen LogP contribution is 2.18. The van der Waals surface area contributed by atoms with Crippen LogP contribution in [0.1, 0.15) is 36.0 Å². The fourth-order valence-electron chi connectivity index (χ4n) is 2.92. The Morgan fingerprint density at radius 3 is 2.60 bits per heavy atom. The number of nitrogens with two attached hydrogens (primary N) is 1. The number of nitrogens with zero attached hydrogens (tertiary/aromatic N) is 1. The minimum Gasteiger partial charge on any atom is -0.355 e. The van der Waals surface area contributed by atoms with Gasteiger partial charge in [-0.3, -0.25) is 14.4 Å². The summed E-state index contributed by atoms with van der Waals surface area (Å²) >= 11 is 0. The highest BCUT2D eigenvalue weighted by Gasteiger charge is 2.28. The third-order valence-corrected chi connectivity index (χ3v) is 4.32. The summed E-state index contributed by atoms with van der Waals surface area (Å²) in [4.78, 5) is 38.1. The topological polar surface area (TPSA) is 92.5 Å². The second-order valence-corrected chi connectivity index (χ2v) is 6.19. The van der Waals surface area contributed by atoms with Crippen LogP contribution in [0.3, 0.4) is 0 Å². The molecule has 0 spiro atoms. The fourth-order valence-corrected chi connectivity index (χ4v) is 2.92. The number of halogens is 1. The van der Waals surface area contributed by atoms with Crippen LogP contribution in [0.2, 0.25) is 0 Å². The minimum absolute atomic E-state index is 0.0744. The predicted octanol–water partition coefficient (Wildman–Crippen LogP) is 1.10. The van der Waals surface area contributed by atoms with Crippen LogP contribution in [0.15, 0.2) is 24.3 Å². The van der Waals surface area contributed by atoms with Gasteiger partial charge >= 0.3 is 0 Å². The van der Waals surface area contributed by atoms with E-state index in [-0.39, 0.29) is 36.4 Å². The van der Waals surface area contributed by atoms with E-state index < -0.39 is 5.82 Å². The van der Waals surface area contributed by atoms with Gasteiger partial charge in [0, 0.05) is 44.6 Å². The predicted molar refractivity (Wildman–Crippen MR) is 91.3 cm³/mol. The molecular weight excluding hydrogens is 325 g/mol. The van der Waals surface area contributed by atoms with Gasteiger partial charge in [-0.1, -0.05) is 0 Å². The average molecular weight is 349 g/mol. The van der Waals surface area contributed by atoms with Crippen molar-refractivity contribution in [2.24, 2.45) is 11.7 Å². The maximum absolute atomic E-state index is 12.9. The maximum atomic E-state index is 12.9. The highest BCUT2D eigenvalue weighted by atomic mass is 19.1. The molecule has 1 heterocycles. The van der Waals surface area contributed by atoms with Crippen molar-refractivity contribution < 1.29 is 18.8 Å². The molecule has 1 unspecified atom stereocenters. The summed E-state index contributed by atoms with van der Waals surface area (Å²) in [6, 6.07) is 5.29. The molecule has 7 heteroatoms. The lowest BCUT2D eigenvalue weighted by molar-refractivity contribution is -0.135. The number of Topliss-reactive ketones (excluding diaryl/α,β-unsaturated/α-hetero) is 1. The van der Waals surface area contributed by atoms with Crippen LogP contribution in [0.5, 0.6) is 0 Å². The summed E-state index contributed by atoms with van der Waals surface area (Å²) in [5, 5.41) is 2.75. The van der Waals surface area contributed by atoms with E-state index in [1.165, 1.54) is 24.3 Å². The van der Waals surface area contributed by atoms with Crippen molar-refractivity contribution >= 4 is 17.6 Å². The third kappa shape index (κ3) is 5.63. The molecule has 1 aliphatic rings. The van der Waals surface area contributed by atoms with E-state index in [1.54, 1.807) is 4.90 Å². The zero-order valence-corrected chi connectivity index (χ0v) is 14.2.